The number of aromatic nitrogens is 1. The van der Waals surface area contributed by atoms with E-state index in [-0.39, 0.29) is 28.6 Å². The van der Waals surface area contributed by atoms with Gasteiger partial charge >= 0.3 is 12.2 Å². The summed E-state index contributed by atoms with van der Waals surface area (Å²) < 4.78 is 41.0. The summed E-state index contributed by atoms with van der Waals surface area (Å²) in [5.74, 6) is 0.208. The Hall–Kier alpha value is -3.48. The zero-order valence-electron chi connectivity index (χ0n) is 27.0. The second-order valence-electron chi connectivity index (χ2n) is 13.2. The summed E-state index contributed by atoms with van der Waals surface area (Å²) in [5.41, 5.74) is -0.0305. The number of carbonyl (C=O) groups is 2. The molecule has 0 aliphatic heterocycles. The van der Waals surface area contributed by atoms with Gasteiger partial charge in [0.05, 0.1) is 20.9 Å². The van der Waals surface area contributed by atoms with E-state index in [9.17, 15) is 18.0 Å². The number of nitrogens with zero attached hydrogens (tertiary/aromatic N) is 1. The van der Waals surface area contributed by atoms with Gasteiger partial charge in [0.2, 0.25) is 10.0 Å². The van der Waals surface area contributed by atoms with E-state index in [4.69, 9.17) is 9.47 Å². The maximum absolute atomic E-state index is 13.7. The zero-order chi connectivity index (χ0) is 33.0. The molecule has 0 atom stereocenters. The van der Waals surface area contributed by atoms with Gasteiger partial charge in [-0.2, -0.15) is 0 Å². The van der Waals surface area contributed by atoms with Crippen molar-refractivity contribution in [2.24, 2.45) is 0 Å². The lowest BCUT2D eigenvalue weighted by molar-refractivity contribution is 0.0466. The van der Waals surface area contributed by atoms with E-state index in [1.54, 1.807) is 52.9 Å². The average molecular weight is 657 g/mol. The smallest absolute Gasteiger partial charge is 0.412 e. The van der Waals surface area contributed by atoms with Crippen LogP contribution in [0.5, 0.6) is 0 Å². The monoisotopic (exact) mass is 656 g/mol. The van der Waals surface area contributed by atoms with E-state index in [0.29, 0.717) is 10.4 Å². The molecular formula is C33H44N4O6S2. The first-order valence-electron chi connectivity index (χ1n) is 15.2. The molecule has 0 radical (unpaired) electrons. The number of hydrogen-bond donors (Lipinski definition) is 3. The zero-order valence-corrected chi connectivity index (χ0v) is 28.6. The van der Waals surface area contributed by atoms with Crippen molar-refractivity contribution in [2.45, 2.75) is 108 Å². The molecule has 1 aromatic heterocycles. The molecule has 45 heavy (non-hydrogen) atoms. The Balaban J connectivity index is 1.54. The molecule has 1 aliphatic carbocycles. The predicted molar refractivity (Wildman–Crippen MR) is 177 cm³/mol. The van der Waals surface area contributed by atoms with Gasteiger partial charge in [0.15, 0.2) is 0 Å². The Morgan fingerprint density at radius 1 is 0.956 bits per heavy atom. The molecule has 12 heteroatoms. The first-order chi connectivity index (χ1) is 21.0. The number of carbonyl (C=O) groups excluding carboxylic acids is 2. The van der Waals surface area contributed by atoms with Crippen LogP contribution < -0.4 is 15.4 Å². The Morgan fingerprint density at radius 2 is 1.62 bits per heavy atom. The molecule has 2 amide bonds. The average Bonchev–Trinajstić information content (AvgIpc) is 3.42. The van der Waals surface area contributed by atoms with Crippen LogP contribution >= 0.6 is 11.3 Å². The molecule has 0 spiro atoms. The second-order valence-corrected chi connectivity index (χ2v) is 15.9. The molecule has 0 saturated heterocycles. The molecule has 1 aliphatic rings. The SMILES string of the molecule is CC(C)OC(=O)NC1CCC(c2ncc(-c3ccc(NC(=O)OC(C)(C)c4ccccc4)cc3S(=O)(=O)NC(C)(C)C)s2)CC1. The summed E-state index contributed by atoms with van der Waals surface area (Å²) in [6.45, 7) is 12.5. The van der Waals surface area contributed by atoms with Crippen LogP contribution in [0.1, 0.15) is 90.6 Å². The van der Waals surface area contributed by atoms with Gasteiger partial charge in [-0.3, -0.25) is 5.32 Å². The number of rotatable bonds is 9. The first-order valence-corrected chi connectivity index (χ1v) is 17.5. The maximum Gasteiger partial charge on any atom is 0.412 e. The number of ether oxygens (including phenoxy) is 2. The van der Waals surface area contributed by atoms with E-state index in [0.717, 1.165) is 36.3 Å². The highest BCUT2D eigenvalue weighted by atomic mass is 32.2. The molecule has 1 saturated carbocycles. The lowest BCUT2D eigenvalue weighted by Crippen LogP contribution is -2.40. The molecule has 3 N–H and O–H groups in total. The molecule has 1 heterocycles. The largest absolute Gasteiger partial charge is 0.447 e. The van der Waals surface area contributed by atoms with Crippen molar-refractivity contribution >= 4 is 39.2 Å². The van der Waals surface area contributed by atoms with Crippen LogP contribution in [0.4, 0.5) is 15.3 Å². The highest BCUT2D eigenvalue weighted by Crippen LogP contribution is 2.40. The van der Waals surface area contributed by atoms with E-state index < -0.39 is 33.3 Å². The molecule has 3 aromatic rings. The minimum absolute atomic E-state index is 0.0318. The van der Waals surface area contributed by atoms with Crippen LogP contribution in [0.3, 0.4) is 0 Å². The van der Waals surface area contributed by atoms with Crippen LogP contribution in [0.25, 0.3) is 10.4 Å². The van der Waals surface area contributed by atoms with Crippen molar-refractivity contribution in [3.63, 3.8) is 0 Å². The molecular weight excluding hydrogens is 613 g/mol. The molecule has 10 nitrogen and oxygen atoms in total. The fourth-order valence-electron chi connectivity index (χ4n) is 5.26. The van der Waals surface area contributed by atoms with Crippen molar-refractivity contribution in [1.29, 1.82) is 0 Å². The third-order valence-corrected chi connectivity index (χ3v) is 10.3. The predicted octanol–water partition coefficient (Wildman–Crippen LogP) is 7.53. The van der Waals surface area contributed by atoms with Crippen LogP contribution in [0, 0.1) is 0 Å². The number of thiazole rings is 1. The minimum atomic E-state index is -3.99. The second kappa shape index (κ2) is 13.9. The van der Waals surface area contributed by atoms with Crippen LogP contribution in [-0.2, 0) is 25.1 Å². The van der Waals surface area contributed by atoms with Crippen molar-refractivity contribution in [3.8, 4) is 10.4 Å². The highest BCUT2D eigenvalue weighted by Gasteiger charge is 2.30. The van der Waals surface area contributed by atoms with Crippen molar-refractivity contribution in [2.75, 3.05) is 5.32 Å². The number of sulfonamides is 1. The van der Waals surface area contributed by atoms with Gasteiger partial charge in [0, 0.05) is 34.9 Å². The van der Waals surface area contributed by atoms with Gasteiger partial charge in [-0.05, 0) is 91.8 Å². The van der Waals surface area contributed by atoms with Gasteiger partial charge in [0.1, 0.15) is 5.60 Å². The van der Waals surface area contributed by atoms with Crippen LogP contribution in [-0.4, -0.2) is 43.3 Å². The highest BCUT2D eigenvalue weighted by molar-refractivity contribution is 7.89. The Kier molecular flexibility index (Phi) is 10.6. The van der Waals surface area contributed by atoms with Gasteiger partial charge in [0.25, 0.3) is 0 Å². The lowest BCUT2D eigenvalue weighted by Gasteiger charge is -2.28. The fraction of sp³-hybridized carbons (Fsp3) is 0.485. The van der Waals surface area contributed by atoms with E-state index in [1.807, 2.05) is 44.2 Å². The van der Waals surface area contributed by atoms with Crippen molar-refractivity contribution < 1.29 is 27.5 Å². The summed E-state index contributed by atoms with van der Waals surface area (Å²) >= 11 is 1.46. The number of nitrogens with one attached hydrogen (secondary N) is 3. The third-order valence-electron chi connectivity index (χ3n) is 7.31. The summed E-state index contributed by atoms with van der Waals surface area (Å²) in [6.07, 6.45) is 3.74. The summed E-state index contributed by atoms with van der Waals surface area (Å²) in [4.78, 5) is 30.3. The van der Waals surface area contributed by atoms with E-state index in [2.05, 4.69) is 20.3 Å². The van der Waals surface area contributed by atoms with Gasteiger partial charge < -0.3 is 14.8 Å². The number of amides is 2. The summed E-state index contributed by atoms with van der Waals surface area (Å²) in [7, 11) is -3.99. The van der Waals surface area contributed by atoms with Gasteiger partial charge in [-0.25, -0.2) is 27.7 Å². The molecule has 0 bridgehead atoms. The van der Waals surface area contributed by atoms with Crippen LogP contribution in [0.15, 0.2) is 59.6 Å². The maximum atomic E-state index is 13.7. The van der Waals surface area contributed by atoms with Gasteiger partial charge in [-0.1, -0.05) is 36.4 Å². The number of anilines is 1. The number of hydrogen-bond acceptors (Lipinski definition) is 8. The van der Waals surface area contributed by atoms with Crippen molar-refractivity contribution in [3.05, 3.63) is 65.3 Å². The standard InChI is InChI=1S/C33H44N4O6S2/c1-21(2)42-30(38)35-24-15-13-22(14-16-24)29-34-20-27(44-29)26-18-17-25(19-28(26)45(40,41)37-32(3,4)5)36-31(39)43-33(6,7)23-11-9-8-10-12-23/h8-12,17-22,24,37H,13-16H2,1-7H3,(H,35,38)(H,36,39). The van der Waals surface area contributed by atoms with Crippen LogP contribution in [0.2, 0.25) is 0 Å². The molecule has 1 fully saturated rings. The molecule has 2 aromatic carbocycles. The van der Waals surface area contributed by atoms with Gasteiger partial charge in [-0.15, -0.1) is 11.3 Å². The van der Waals surface area contributed by atoms with E-state index >= 15 is 0 Å². The van der Waals surface area contributed by atoms with E-state index in [1.165, 1.54) is 17.4 Å². The molecule has 244 valence electrons. The normalized spacial score (nSPS) is 17.5. The Bertz CT molecular complexity index is 1590. The minimum Gasteiger partial charge on any atom is -0.447 e. The number of benzene rings is 2. The molecule has 4 rings (SSSR count). The fourth-order valence-corrected chi connectivity index (χ4v) is 8.11. The lowest BCUT2D eigenvalue weighted by atomic mass is 9.86. The first kappa shape index (κ1) is 34.4. The summed E-state index contributed by atoms with van der Waals surface area (Å²) in [6, 6.07) is 14.2. The Labute approximate surface area is 270 Å². The van der Waals surface area contributed by atoms with Crippen molar-refractivity contribution in [1.82, 2.24) is 15.0 Å². The number of alkyl carbamates (subject to hydrolysis) is 1. The topological polar surface area (TPSA) is 136 Å². The Morgan fingerprint density at radius 3 is 2.24 bits per heavy atom. The summed E-state index contributed by atoms with van der Waals surface area (Å²) in [5, 5.41) is 6.57. The quantitative estimate of drug-likeness (QED) is 0.217. The third kappa shape index (κ3) is 9.51. The molecule has 0 unspecified atom stereocenters.